The molecule has 2 amide bonds. The highest BCUT2D eigenvalue weighted by Crippen LogP contribution is 2.28. The van der Waals surface area contributed by atoms with Gasteiger partial charge in [0, 0.05) is 18.8 Å². The third kappa shape index (κ3) is 6.29. The van der Waals surface area contributed by atoms with Crippen LogP contribution in [0.4, 0.5) is 21.0 Å². The average molecular weight is 350 g/mol. The van der Waals surface area contributed by atoms with Crippen LogP contribution in [0.5, 0.6) is 0 Å². The standard InChI is InChI=1S/C19H30N2O4/c1-13(2)8-10-20(18(22)23)16-7-6-15(5)17(12-16)21(19(24)25)11-9-14(3)4/h6-7,12-14H,8-11H2,1-5H3,(H,22,23)(H,24,25). The number of carbonyl (C=O) groups is 2. The molecule has 0 bridgehead atoms. The molecule has 1 aromatic rings. The van der Waals surface area contributed by atoms with Gasteiger partial charge in [-0.3, -0.25) is 9.80 Å². The average Bonchev–Trinajstić information content (AvgIpc) is 2.48. The van der Waals surface area contributed by atoms with Crippen LogP contribution in [0.25, 0.3) is 0 Å². The van der Waals surface area contributed by atoms with Gasteiger partial charge in [-0.15, -0.1) is 0 Å². The fourth-order valence-electron chi connectivity index (χ4n) is 2.49. The Morgan fingerprint density at radius 3 is 1.84 bits per heavy atom. The molecule has 0 radical (unpaired) electrons. The topological polar surface area (TPSA) is 81.1 Å². The van der Waals surface area contributed by atoms with Crippen molar-refractivity contribution in [3.05, 3.63) is 23.8 Å². The van der Waals surface area contributed by atoms with Crippen molar-refractivity contribution < 1.29 is 19.8 Å². The van der Waals surface area contributed by atoms with Crippen LogP contribution in [0.2, 0.25) is 0 Å². The van der Waals surface area contributed by atoms with E-state index in [1.54, 1.807) is 18.2 Å². The fourth-order valence-corrected chi connectivity index (χ4v) is 2.49. The summed E-state index contributed by atoms with van der Waals surface area (Å²) in [5.41, 5.74) is 1.86. The number of benzene rings is 1. The Kier molecular flexibility index (Phi) is 7.74. The number of hydrogen-bond donors (Lipinski definition) is 2. The summed E-state index contributed by atoms with van der Waals surface area (Å²) in [6, 6.07) is 5.18. The summed E-state index contributed by atoms with van der Waals surface area (Å²) in [6.07, 6.45) is -0.568. The zero-order valence-corrected chi connectivity index (χ0v) is 15.8. The van der Waals surface area contributed by atoms with Gasteiger partial charge in [0.1, 0.15) is 0 Å². The molecule has 0 atom stereocenters. The van der Waals surface area contributed by atoms with Gasteiger partial charge in [-0.2, -0.15) is 0 Å². The maximum absolute atomic E-state index is 11.7. The first-order chi connectivity index (χ1) is 11.6. The van der Waals surface area contributed by atoms with E-state index < -0.39 is 12.2 Å². The van der Waals surface area contributed by atoms with Crippen LogP contribution in [-0.4, -0.2) is 35.5 Å². The fraction of sp³-hybridized carbons (Fsp3) is 0.579. The highest BCUT2D eigenvalue weighted by Gasteiger charge is 2.21. The van der Waals surface area contributed by atoms with Crippen LogP contribution in [0.3, 0.4) is 0 Å². The molecule has 0 aliphatic carbocycles. The second-order valence-electron chi connectivity index (χ2n) is 7.20. The van der Waals surface area contributed by atoms with Gasteiger partial charge < -0.3 is 10.2 Å². The third-order valence-electron chi connectivity index (χ3n) is 4.12. The minimum Gasteiger partial charge on any atom is -0.465 e. The Morgan fingerprint density at radius 1 is 0.920 bits per heavy atom. The largest absolute Gasteiger partial charge is 0.465 e. The van der Waals surface area contributed by atoms with Gasteiger partial charge in [-0.05, 0) is 49.3 Å². The van der Waals surface area contributed by atoms with Crippen molar-refractivity contribution in [2.24, 2.45) is 11.8 Å². The highest BCUT2D eigenvalue weighted by atomic mass is 16.4. The van der Waals surface area contributed by atoms with Gasteiger partial charge in [0.15, 0.2) is 0 Å². The van der Waals surface area contributed by atoms with Crippen LogP contribution in [0.15, 0.2) is 18.2 Å². The van der Waals surface area contributed by atoms with E-state index in [9.17, 15) is 19.8 Å². The number of rotatable bonds is 8. The second-order valence-corrected chi connectivity index (χ2v) is 7.20. The lowest BCUT2D eigenvalue weighted by Crippen LogP contribution is -2.33. The number of aryl methyl sites for hydroxylation is 1. The summed E-state index contributed by atoms with van der Waals surface area (Å²) in [5, 5.41) is 19.1. The summed E-state index contributed by atoms with van der Waals surface area (Å²) in [6.45, 7) is 10.8. The zero-order valence-electron chi connectivity index (χ0n) is 15.8. The minimum absolute atomic E-state index is 0.381. The van der Waals surface area contributed by atoms with Crippen molar-refractivity contribution in [1.29, 1.82) is 0 Å². The van der Waals surface area contributed by atoms with E-state index in [1.165, 1.54) is 9.80 Å². The lowest BCUT2D eigenvalue weighted by atomic mass is 10.1. The lowest BCUT2D eigenvalue weighted by molar-refractivity contribution is 0.200. The van der Waals surface area contributed by atoms with Gasteiger partial charge in [-0.1, -0.05) is 33.8 Å². The Labute approximate surface area is 150 Å². The highest BCUT2D eigenvalue weighted by molar-refractivity contribution is 5.91. The Bertz CT molecular complexity index is 599. The molecule has 0 spiro atoms. The quantitative estimate of drug-likeness (QED) is 0.687. The predicted octanol–water partition coefficient (Wildman–Crippen LogP) is 5.06. The van der Waals surface area contributed by atoms with Gasteiger partial charge in [0.2, 0.25) is 0 Å². The SMILES string of the molecule is Cc1ccc(N(CCC(C)C)C(=O)O)cc1N(CCC(C)C)C(=O)O. The summed E-state index contributed by atoms with van der Waals surface area (Å²) in [4.78, 5) is 25.9. The van der Waals surface area contributed by atoms with E-state index >= 15 is 0 Å². The molecule has 0 heterocycles. The van der Waals surface area contributed by atoms with Crippen LogP contribution in [0, 0.1) is 18.8 Å². The molecule has 1 aromatic carbocycles. The van der Waals surface area contributed by atoms with Crippen LogP contribution in [0.1, 0.15) is 46.1 Å². The summed E-state index contributed by atoms with van der Waals surface area (Å²) in [7, 11) is 0. The molecular formula is C19H30N2O4. The van der Waals surface area contributed by atoms with Crippen molar-refractivity contribution in [2.45, 2.75) is 47.5 Å². The summed E-state index contributed by atoms with van der Waals surface area (Å²) < 4.78 is 0. The first kappa shape index (κ1) is 20.8. The van der Waals surface area contributed by atoms with Crippen molar-refractivity contribution in [2.75, 3.05) is 22.9 Å². The number of anilines is 2. The molecule has 6 heteroatoms. The van der Waals surface area contributed by atoms with Crippen molar-refractivity contribution in [3.8, 4) is 0 Å². The number of nitrogens with zero attached hydrogens (tertiary/aromatic N) is 2. The van der Waals surface area contributed by atoms with Gasteiger partial charge in [0.05, 0.1) is 5.69 Å². The normalized spacial score (nSPS) is 11.0. The van der Waals surface area contributed by atoms with Crippen LogP contribution >= 0.6 is 0 Å². The van der Waals surface area contributed by atoms with Gasteiger partial charge in [0.25, 0.3) is 0 Å². The molecule has 0 aromatic heterocycles. The molecule has 25 heavy (non-hydrogen) atoms. The van der Waals surface area contributed by atoms with Crippen LogP contribution < -0.4 is 9.80 Å². The molecule has 0 fully saturated rings. The number of carboxylic acid groups (broad SMARTS) is 2. The maximum Gasteiger partial charge on any atom is 0.411 e. The molecule has 0 saturated carbocycles. The Balaban J connectivity index is 3.17. The van der Waals surface area contributed by atoms with E-state index in [-0.39, 0.29) is 0 Å². The Morgan fingerprint density at radius 2 is 1.40 bits per heavy atom. The number of hydrogen-bond acceptors (Lipinski definition) is 2. The van der Waals surface area contributed by atoms with E-state index in [0.717, 1.165) is 18.4 Å². The molecule has 0 aliphatic heterocycles. The third-order valence-corrected chi connectivity index (χ3v) is 4.12. The monoisotopic (exact) mass is 350 g/mol. The van der Waals surface area contributed by atoms with Crippen molar-refractivity contribution in [3.63, 3.8) is 0 Å². The molecule has 140 valence electrons. The summed E-state index contributed by atoms with van der Waals surface area (Å²) >= 11 is 0. The maximum atomic E-state index is 11.7. The smallest absolute Gasteiger partial charge is 0.411 e. The Hall–Kier alpha value is -2.24. The van der Waals surface area contributed by atoms with E-state index in [4.69, 9.17) is 0 Å². The molecule has 0 aliphatic rings. The first-order valence-electron chi connectivity index (χ1n) is 8.75. The van der Waals surface area contributed by atoms with Crippen molar-refractivity contribution in [1.82, 2.24) is 0 Å². The zero-order chi connectivity index (χ0) is 19.1. The van der Waals surface area contributed by atoms with Crippen LogP contribution in [-0.2, 0) is 0 Å². The summed E-state index contributed by atoms with van der Waals surface area (Å²) in [5.74, 6) is 0.764. The molecule has 2 N–H and O–H groups in total. The van der Waals surface area contributed by atoms with Gasteiger partial charge in [-0.25, -0.2) is 9.59 Å². The molecule has 0 unspecified atom stereocenters. The van der Waals surface area contributed by atoms with E-state index in [1.807, 2.05) is 34.6 Å². The second kappa shape index (κ2) is 9.30. The van der Waals surface area contributed by atoms with Gasteiger partial charge >= 0.3 is 12.2 Å². The number of amides is 2. The minimum atomic E-state index is -1.03. The molecule has 0 saturated heterocycles. The van der Waals surface area contributed by atoms with E-state index in [0.29, 0.717) is 36.3 Å². The molecule has 6 nitrogen and oxygen atoms in total. The van der Waals surface area contributed by atoms with E-state index in [2.05, 4.69) is 0 Å². The molecular weight excluding hydrogens is 320 g/mol. The first-order valence-corrected chi connectivity index (χ1v) is 8.75. The molecule has 1 rings (SSSR count). The van der Waals surface area contributed by atoms with Crippen molar-refractivity contribution >= 4 is 23.6 Å². The predicted molar refractivity (Wildman–Crippen MR) is 101 cm³/mol. The lowest BCUT2D eigenvalue weighted by Gasteiger charge is -2.26.